The number of hydrogen-bond acceptors (Lipinski definition) is 5. The summed E-state index contributed by atoms with van der Waals surface area (Å²) in [5.41, 5.74) is 0.0515. The van der Waals surface area contributed by atoms with E-state index in [4.69, 9.17) is 9.52 Å². The molecule has 0 aliphatic carbocycles. The second-order valence-corrected chi connectivity index (χ2v) is 4.96. The van der Waals surface area contributed by atoms with Crippen molar-refractivity contribution in [1.29, 1.82) is 0 Å². The van der Waals surface area contributed by atoms with Gasteiger partial charge in [0.1, 0.15) is 17.8 Å². The van der Waals surface area contributed by atoms with Crippen molar-refractivity contribution in [3.63, 3.8) is 0 Å². The Morgan fingerprint density at radius 1 is 1.26 bits per heavy atom. The van der Waals surface area contributed by atoms with Crippen molar-refractivity contribution in [2.24, 2.45) is 0 Å². The molecule has 0 amide bonds. The Morgan fingerprint density at radius 3 is 2.65 bits per heavy atom. The van der Waals surface area contributed by atoms with Crippen molar-refractivity contribution < 1.29 is 27.4 Å². The zero-order chi connectivity index (χ0) is 17.0. The quantitative estimate of drug-likeness (QED) is 0.914. The predicted octanol–water partition coefficient (Wildman–Crippen LogP) is 2.88. The SMILES string of the molecule is CN(Cc1cccc(OC(F)(F)F)c1)Cc1cc(=O)c(O)co1. The monoisotopic (exact) mass is 329 g/mol. The van der Waals surface area contributed by atoms with Crippen molar-refractivity contribution >= 4 is 0 Å². The van der Waals surface area contributed by atoms with Crippen molar-refractivity contribution in [2.75, 3.05) is 7.05 Å². The molecule has 0 saturated carbocycles. The third-order valence-corrected chi connectivity index (χ3v) is 2.88. The summed E-state index contributed by atoms with van der Waals surface area (Å²) in [7, 11) is 1.71. The van der Waals surface area contributed by atoms with Crippen LogP contribution in [0.5, 0.6) is 11.5 Å². The number of aromatic hydroxyl groups is 1. The fourth-order valence-electron chi connectivity index (χ4n) is 2.00. The standard InChI is InChI=1S/C15H14F3NO4/c1-19(8-12-6-13(20)14(21)9-22-12)7-10-3-2-4-11(5-10)23-15(16,17)18/h2-6,9,21H,7-8H2,1H3. The molecule has 2 rings (SSSR count). The zero-order valence-electron chi connectivity index (χ0n) is 12.1. The number of alkyl halides is 3. The largest absolute Gasteiger partial charge is 0.573 e. The maximum atomic E-state index is 12.2. The Balaban J connectivity index is 2.02. The zero-order valence-corrected chi connectivity index (χ0v) is 12.1. The van der Waals surface area contributed by atoms with Crippen LogP contribution in [0.2, 0.25) is 0 Å². The summed E-state index contributed by atoms with van der Waals surface area (Å²) >= 11 is 0. The summed E-state index contributed by atoms with van der Waals surface area (Å²) in [6, 6.07) is 6.79. The van der Waals surface area contributed by atoms with Gasteiger partial charge in [-0.05, 0) is 24.7 Å². The molecule has 2 aromatic rings. The van der Waals surface area contributed by atoms with Crippen molar-refractivity contribution in [1.82, 2.24) is 4.90 Å². The van der Waals surface area contributed by atoms with Crippen LogP contribution in [-0.4, -0.2) is 23.4 Å². The highest BCUT2D eigenvalue weighted by Gasteiger charge is 2.31. The van der Waals surface area contributed by atoms with Gasteiger partial charge in [-0.15, -0.1) is 13.2 Å². The van der Waals surface area contributed by atoms with E-state index in [1.165, 1.54) is 18.2 Å². The van der Waals surface area contributed by atoms with E-state index in [9.17, 15) is 18.0 Å². The van der Waals surface area contributed by atoms with Gasteiger partial charge in [-0.25, -0.2) is 0 Å². The topological polar surface area (TPSA) is 62.9 Å². The van der Waals surface area contributed by atoms with E-state index in [-0.39, 0.29) is 12.3 Å². The van der Waals surface area contributed by atoms with Gasteiger partial charge in [0.15, 0.2) is 5.75 Å². The first-order valence-corrected chi connectivity index (χ1v) is 6.57. The Bertz CT molecular complexity index is 727. The van der Waals surface area contributed by atoms with Crippen LogP contribution in [0.25, 0.3) is 0 Å². The third-order valence-electron chi connectivity index (χ3n) is 2.88. The number of ether oxygens (including phenoxy) is 1. The molecule has 1 heterocycles. The van der Waals surface area contributed by atoms with E-state index >= 15 is 0 Å². The Kier molecular flexibility index (Phi) is 4.95. The summed E-state index contributed by atoms with van der Waals surface area (Å²) in [6.07, 6.45) is -3.79. The lowest BCUT2D eigenvalue weighted by Crippen LogP contribution is -2.19. The van der Waals surface area contributed by atoms with Gasteiger partial charge >= 0.3 is 6.36 Å². The maximum Gasteiger partial charge on any atom is 0.573 e. The number of rotatable bonds is 5. The molecule has 0 unspecified atom stereocenters. The fraction of sp³-hybridized carbons (Fsp3) is 0.267. The van der Waals surface area contributed by atoms with Crippen LogP contribution in [-0.2, 0) is 13.1 Å². The molecule has 0 spiro atoms. The first-order valence-electron chi connectivity index (χ1n) is 6.57. The van der Waals surface area contributed by atoms with E-state index < -0.39 is 17.5 Å². The minimum absolute atomic E-state index is 0.250. The molecule has 8 heteroatoms. The van der Waals surface area contributed by atoms with Crippen LogP contribution in [0.15, 0.2) is 45.8 Å². The van der Waals surface area contributed by atoms with Crippen LogP contribution in [0, 0.1) is 0 Å². The smallest absolute Gasteiger partial charge is 0.502 e. The third kappa shape index (κ3) is 5.33. The molecule has 0 aliphatic heterocycles. The van der Waals surface area contributed by atoms with Gasteiger partial charge in [0, 0.05) is 12.6 Å². The van der Waals surface area contributed by atoms with E-state index in [0.29, 0.717) is 17.9 Å². The molecular weight excluding hydrogens is 315 g/mol. The molecule has 0 saturated heterocycles. The van der Waals surface area contributed by atoms with Crippen molar-refractivity contribution in [3.05, 3.63) is 58.1 Å². The van der Waals surface area contributed by atoms with Gasteiger partial charge < -0.3 is 14.3 Å². The Hall–Kier alpha value is -2.48. The number of hydrogen-bond donors (Lipinski definition) is 1. The molecule has 0 aliphatic rings. The minimum atomic E-state index is -4.74. The van der Waals surface area contributed by atoms with Gasteiger partial charge in [0.25, 0.3) is 0 Å². The summed E-state index contributed by atoms with van der Waals surface area (Å²) in [6.45, 7) is 0.569. The van der Waals surface area contributed by atoms with Crippen LogP contribution in [0.1, 0.15) is 11.3 Å². The molecule has 5 nitrogen and oxygen atoms in total. The first kappa shape index (κ1) is 16.9. The predicted molar refractivity (Wildman–Crippen MR) is 74.9 cm³/mol. The molecule has 0 atom stereocenters. The summed E-state index contributed by atoms with van der Waals surface area (Å²) in [5, 5.41) is 9.11. The van der Waals surface area contributed by atoms with Crippen LogP contribution in [0.3, 0.4) is 0 Å². The van der Waals surface area contributed by atoms with Gasteiger partial charge in [0.2, 0.25) is 5.43 Å². The number of benzene rings is 1. The molecule has 1 N–H and O–H groups in total. The summed E-state index contributed by atoms with van der Waals surface area (Å²) in [4.78, 5) is 13.0. The average molecular weight is 329 g/mol. The molecule has 23 heavy (non-hydrogen) atoms. The van der Waals surface area contributed by atoms with E-state index in [1.54, 1.807) is 18.0 Å². The second kappa shape index (κ2) is 6.74. The summed E-state index contributed by atoms with van der Waals surface area (Å²) < 4.78 is 45.5. The molecule has 124 valence electrons. The van der Waals surface area contributed by atoms with Crippen molar-refractivity contribution in [2.45, 2.75) is 19.5 Å². The van der Waals surface area contributed by atoms with Gasteiger partial charge in [-0.2, -0.15) is 0 Å². The first-order chi connectivity index (χ1) is 10.7. The lowest BCUT2D eigenvalue weighted by atomic mass is 10.2. The lowest BCUT2D eigenvalue weighted by Gasteiger charge is -2.16. The Morgan fingerprint density at radius 2 is 2.00 bits per heavy atom. The van der Waals surface area contributed by atoms with Crippen LogP contribution >= 0.6 is 0 Å². The lowest BCUT2D eigenvalue weighted by molar-refractivity contribution is -0.274. The van der Waals surface area contributed by atoms with Gasteiger partial charge in [-0.3, -0.25) is 9.69 Å². The fourth-order valence-corrected chi connectivity index (χ4v) is 2.00. The average Bonchev–Trinajstić information content (AvgIpc) is 2.41. The highest BCUT2D eigenvalue weighted by Crippen LogP contribution is 2.23. The van der Waals surface area contributed by atoms with Crippen molar-refractivity contribution in [3.8, 4) is 11.5 Å². The molecule has 0 fully saturated rings. The normalized spacial score (nSPS) is 11.7. The molecule has 1 aromatic carbocycles. The van der Waals surface area contributed by atoms with Crippen LogP contribution in [0.4, 0.5) is 13.2 Å². The van der Waals surface area contributed by atoms with Gasteiger partial charge in [0.05, 0.1) is 6.54 Å². The van der Waals surface area contributed by atoms with E-state index in [0.717, 1.165) is 12.3 Å². The minimum Gasteiger partial charge on any atom is -0.502 e. The van der Waals surface area contributed by atoms with Crippen LogP contribution < -0.4 is 10.2 Å². The molecule has 0 bridgehead atoms. The Labute approximate surface area is 129 Å². The molecular formula is C15H14F3NO4. The van der Waals surface area contributed by atoms with Gasteiger partial charge in [-0.1, -0.05) is 12.1 Å². The molecule has 1 aromatic heterocycles. The number of nitrogens with zero attached hydrogens (tertiary/aromatic N) is 1. The highest BCUT2D eigenvalue weighted by atomic mass is 19.4. The van der Waals surface area contributed by atoms with E-state index in [1.807, 2.05) is 0 Å². The highest BCUT2D eigenvalue weighted by molar-refractivity contribution is 5.28. The second-order valence-electron chi connectivity index (χ2n) is 4.96. The maximum absolute atomic E-state index is 12.2. The summed E-state index contributed by atoms with van der Waals surface area (Å²) in [5.74, 6) is -0.439. The number of halogens is 3. The van der Waals surface area contributed by atoms with E-state index in [2.05, 4.69) is 4.74 Å². The molecule has 0 radical (unpaired) electrons.